The monoisotopic (exact) mass is 287 g/mol. The highest BCUT2D eigenvalue weighted by Gasteiger charge is 2.20. The lowest BCUT2D eigenvalue weighted by atomic mass is 9.95. The highest BCUT2D eigenvalue weighted by Crippen LogP contribution is 2.26. The average Bonchev–Trinajstić information content (AvgIpc) is 2.52. The first-order chi connectivity index (χ1) is 10.2. The first-order valence-electron chi connectivity index (χ1n) is 7.44. The molecule has 2 rings (SSSR count). The van der Waals surface area contributed by atoms with E-state index >= 15 is 0 Å². The van der Waals surface area contributed by atoms with Crippen LogP contribution in [0.15, 0.2) is 6.07 Å². The Hall–Kier alpha value is -2.09. The predicted octanol–water partition coefficient (Wildman–Crippen LogP) is 2.22. The van der Waals surface area contributed by atoms with Crippen LogP contribution in [0.25, 0.3) is 0 Å². The van der Waals surface area contributed by atoms with Crippen molar-refractivity contribution in [3.63, 3.8) is 0 Å². The van der Waals surface area contributed by atoms with Crippen LogP contribution < -0.4 is 4.90 Å². The van der Waals surface area contributed by atoms with E-state index in [1.807, 2.05) is 17.9 Å². The Labute approximate surface area is 125 Å². The normalized spacial score (nSPS) is 13.2. The van der Waals surface area contributed by atoms with Crippen molar-refractivity contribution in [2.75, 3.05) is 25.1 Å². The lowest BCUT2D eigenvalue weighted by Crippen LogP contribution is -2.33. The molecule has 0 saturated carbocycles. The molecular weight excluding hydrogens is 266 g/mol. The van der Waals surface area contributed by atoms with E-state index < -0.39 is 0 Å². The summed E-state index contributed by atoms with van der Waals surface area (Å²) in [5.41, 5.74) is 2.80. The number of aryl methyl sites for hydroxylation is 2. The Bertz CT molecular complexity index is 563. The molecule has 0 N–H and O–H groups in total. The standard InChI is InChI=1S/C16H21N3O2/c1-3-8-19(11-15(20)21-2)16-13(10-17)9-12-6-4-5-7-14(12)18-16/h9H,3-8,11H2,1-2H3. The van der Waals surface area contributed by atoms with Gasteiger partial charge in [-0.3, -0.25) is 4.79 Å². The SMILES string of the molecule is CCCN(CC(=O)OC)c1nc2c(cc1C#N)CCCC2. The fourth-order valence-corrected chi connectivity index (χ4v) is 2.70. The number of fused-ring (bicyclic) bond motifs is 1. The van der Waals surface area contributed by atoms with Crippen molar-refractivity contribution in [3.05, 3.63) is 22.9 Å². The van der Waals surface area contributed by atoms with E-state index in [1.165, 1.54) is 12.7 Å². The molecule has 1 aliphatic rings. The number of carbonyl (C=O) groups excluding carboxylic acids is 1. The first kappa shape index (κ1) is 15.3. The number of hydrogen-bond donors (Lipinski definition) is 0. The highest BCUT2D eigenvalue weighted by molar-refractivity contribution is 5.76. The molecule has 5 heteroatoms. The minimum Gasteiger partial charge on any atom is -0.468 e. The molecule has 112 valence electrons. The third-order valence-corrected chi connectivity index (χ3v) is 3.74. The van der Waals surface area contributed by atoms with Gasteiger partial charge in [-0.15, -0.1) is 0 Å². The van der Waals surface area contributed by atoms with Crippen LogP contribution in [0, 0.1) is 11.3 Å². The van der Waals surface area contributed by atoms with Gasteiger partial charge >= 0.3 is 5.97 Å². The summed E-state index contributed by atoms with van der Waals surface area (Å²) in [7, 11) is 1.37. The minimum atomic E-state index is -0.313. The van der Waals surface area contributed by atoms with E-state index in [-0.39, 0.29) is 12.5 Å². The molecule has 0 aromatic carbocycles. The second kappa shape index (κ2) is 7.07. The van der Waals surface area contributed by atoms with Gasteiger partial charge in [-0.2, -0.15) is 5.26 Å². The fourth-order valence-electron chi connectivity index (χ4n) is 2.70. The van der Waals surface area contributed by atoms with Gasteiger partial charge in [-0.1, -0.05) is 6.92 Å². The number of hydrogen-bond acceptors (Lipinski definition) is 5. The van der Waals surface area contributed by atoms with Crippen LogP contribution in [0.4, 0.5) is 5.82 Å². The average molecular weight is 287 g/mol. The molecule has 5 nitrogen and oxygen atoms in total. The van der Waals surface area contributed by atoms with Crippen molar-refractivity contribution < 1.29 is 9.53 Å². The zero-order valence-electron chi connectivity index (χ0n) is 12.7. The van der Waals surface area contributed by atoms with Gasteiger partial charge in [0, 0.05) is 12.2 Å². The molecule has 0 unspecified atom stereocenters. The molecule has 1 aromatic heterocycles. The van der Waals surface area contributed by atoms with Gasteiger partial charge in [0.15, 0.2) is 0 Å². The summed E-state index contributed by atoms with van der Waals surface area (Å²) in [4.78, 5) is 18.1. The molecule has 0 radical (unpaired) electrons. The Balaban J connectivity index is 2.38. The van der Waals surface area contributed by atoms with Crippen molar-refractivity contribution in [1.29, 1.82) is 5.26 Å². The van der Waals surface area contributed by atoms with Crippen molar-refractivity contribution in [2.45, 2.75) is 39.0 Å². The number of ether oxygens (including phenoxy) is 1. The zero-order valence-corrected chi connectivity index (χ0v) is 12.7. The van der Waals surface area contributed by atoms with Gasteiger partial charge in [0.05, 0.1) is 12.7 Å². The Morgan fingerprint density at radius 1 is 1.48 bits per heavy atom. The molecule has 0 aliphatic heterocycles. The summed E-state index contributed by atoms with van der Waals surface area (Å²) in [6, 6.07) is 4.16. The van der Waals surface area contributed by atoms with Crippen molar-refractivity contribution in [2.24, 2.45) is 0 Å². The summed E-state index contributed by atoms with van der Waals surface area (Å²) < 4.78 is 4.74. The number of anilines is 1. The van der Waals surface area contributed by atoms with E-state index in [2.05, 4.69) is 11.1 Å². The second-order valence-corrected chi connectivity index (χ2v) is 5.28. The van der Waals surface area contributed by atoms with Gasteiger partial charge in [0.2, 0.25) is 0 Å². The Morgan fingerprint density at radius 3 is 2.90 bits per heavy atom. The van der Waals surface area contributed by atoms with E-state index in [1.54, 1.807) is 0 Å². The molecule has 1 aliphatic carbocycles. The van der Waals surface area contributed by atoms with Crippen LogP contribution in [0.1, 0.15) is 43.0 Å². The van der Waals surface area contributed by atoms with Gasteiger partial charge in [0.25, 0.3) is 0 Å². The second-order valence-electron chi connectivity index (χ2n) is 5.28. The maximum Gasteiger partial charge on any atom is 0.325 e. The molecule has 0 saturated heterocycles. The summed E-state index contributed by atoms with van der Waals surface area (Å²) in [6.07, 6.45) is 5.10. The van der Waals surface area contributed by atoms with E-state index in [4.69, 9.17) is 4.74 Å². The summed E-state index contributed by atoms with van der Waals surface area (Å²) in [6.45, 7) is 2.84. The maximum absolute atomic E-state index is 11.6. The molecule has 1 heterocycles. The van der Waals surface area contributed by atoms with Gasteiger partial charge in [-0.25, -0.2) is 4.98 Å². The smallest absolute Gasteiger partial charge is 0.325 e. The molecule has 0 spiro atoms. The molecule has 1 aromatic rings. The van der Waals surface area contributed by atoms with Crippen molar-refractivity contribution in [1.82, 2.24) is 4.98 Å². The quantitative estimate of drug-likeness (QED) is 0.777. The van der Waals surface area contributed by atoms with Crippen LogP contribution >= 0.6 is 0 Å². The summed E-state index contributed by atoms with van der Waals surface area (Å²) >= 11 is 0. The van der Waals surface area contributed by atoms with E-state index in [0.29, 0.717) is 17.9 Å². The first-order valence-corrected chi connectivity index (χ1v) is 7.44. The number of esters is 1. The Kier molecular flexibility index (Phi) is 5.15. The van der Waals surface area contributed by atoms with Crippen molar-refractivity contribution >= 4 is 11.8 Å². The predicted molar refractivity (Wildman–Crippen MR) is 80.1 cm³/mol. The molecule has 0 atom stereocenters. The molecule has 0 bridgehead atoms. The third-order valence-electron chi connectivity index (χ3n) is 3.74. The number of aromatic nitrogens is 1. The number of nitriles is 1. The highest BCUT2D eigenvalue weighted by atomic mass is 16.5. The zero-order chi connectivity index (χ0) is 15.2. The number of nitrogens with zero attached hydrogens (tertiary/aromatic N) is 3. The van der Waals surface area contributed by atoms with Gasteiger partial charge < -0.3 is 9.64 Å². The van der Waals surface area contributed by atoms with Gasteiger partial charge in [-0.05, 0) is 43.7 Å². The number of methoxy groups -OCH3 is 1. The lowest BCUT2D eigenvalue weighted by molar-refractivity contribution is -0.138. The lowest BCUT2D eigenvalue weighted by Gasteiger charge is -2.25. The third kappa shape index (κ3) is 3.52. The topological polar surface area (TPSA) is 66.2 Å². The molecule has 21 heavy (non-hydrogen) atoms. The van der Waals surface area contributed by atoms with Crippen LogP contribution in [-0.2, 0) is 22.4 Å². The summed E-state index contributed by atoms with van der Waals surface area (Å²) in [5.74, 6) is 0.303. The van der Waals surface area contributed by atoms with E-state index in [9.17, 15) is 10.1 Å². The fraction of sp³-hybridized carbons (Fsp3) is 0.562. The van der Waals surface area contributed by atoms with Crippen LogP contribution in [0.3, 0.4) is 0 Å². The molecule has 0 amide bonds. The summed E-state index contributed by atoms with van der Waals surface area (Å²) in [5, 5.41) is 9.40. The largest absolute Gasteiger partial charge is 0.468 e. The van der Waals surface area contributed by atoms with Crippen LogP contribution in [0.2, 0.25) is 0 Å². The Morgan fingerprint density at radius 2 is 2.24 bits per heavy atom. The maximum atomic E-state index is 11.6. The van der Waals surface area contributed by atoms with Gasteiger partial charge in [0.1, 0.15) is 18.4 Å². The molecule has 0 fully saturated rings. The number of carbonyl (C=O) groups is 1. The number of pyridine rings is 1. The minimum absolute atomic E-state index is 0.130. The van der Waals surface area contributed by atoms with Crippen LogP contribution in [-0.4, -0.2) is 31.2 Å². The van der Waals surface area contributed by atoms with E-state index in [0.717, 1.165) is 37.8 Å². The number of rotatable bonds is 5. The van der Waals surface area contributed by atoms with Crippen LogP contribution in [0.5, 0.6) is 0 Å². The molecular formula is C16H21N3O2. The van der Waals surface area contributed by atoms with Crippen molar-refractivity contribution in [3.8, 4) is 6.07 Å².